The van der Waals surface area contributed by atoms with Crippen LogP contribution in [-0.4, -0.2) is 50.7 Å². The van der Waals surface area contributed by atoms with Crippen LogP contribution < -0.4 is 10.2 Å². The van der Waals surface area contributed by atoms with Crippen LogP contribution in [-0.2, 0) is 23.9 Å². The van der Waals surface area contributed by atoms with Crippen molar-refractivity contribution < 1.29 is 28.6 Å². The van der Waals surface area contributed by atoms with Gasteiger partial charge in [0.05, 0.1) is 20.3 Å². The number of nitrogens with zero attached hydrogens (tertiary/aromatic N) is 1. The van der Waals surface area contributed by atoms with Crippen LogP contribution >= 0.6 is 0 Å². The number of aliphatic imine (C=N–C) groups is 1. The van der Waals surface area contributed by atoms with Crippen molar-refractivity contribution in [3.63, 3.8) is 0 Å². The van der Waals surface area contributed by atoms with Crippen molar-refractivity contribution in [2.45, 2.75) is 13.0 Å². The molecule has 124 valence electrons. The standard InChI is InChI=1S/C15H18N2O6/c1-3-21-13(18)9-22-11-6-4-10(5-7-11)14-16-8-12(23-17-14)15(19)20-2/h4-7,12H,3,8-9H2,1-2H3,(H,16,17). The van der Waals surface area contributed by atoms with E-state index in [1.54, 1.807) is 31.2 Å². The Bertz CT molecular complexity index is 584. The fourth-order valence-electron chi connectivity index (χ4n) is 1.83. The van der Waals surface area contributed by atoms with Crippen molar-refractivity contribution in [3.8, 4) is 5.75 Å². The number of ether oxygens (including phenoxy) is 3. The predicted octanol–water partition coefficient (Wildman–Crippen LogP) is 0.451. The molecule has 0 radical (unpaired) electrons. The van der Waals surface area contributed by atoms with Crippen LogP contribution in [0.4, 0.5) is 0 Å². The van der Waals surface area contributed by atoms with Gasteiger partial charge in [-0.2, -0.15) is 0 Å². The highest BCUT2D eigenvalue weighted by molar-refractivity contribution is 5.98. The number of nitrogens with one attached hydrogen (secondary N) is 1. The molecule has 1 atom stereocenters. The number of amidine groups is 1. The van der Waals surface area contributed by atoms with Gasteiger partial charge in [0.1, 0.15) is 5.75 Å². The third-order valence-corrected chi connectivity index (χ3v) is 2.97. The Labute approximate surface area is 133 Å². The molecule has 0 amide bonds. The molecule has 23 heavy (non-hydrogen) atoms. The van der Waals surface area contributed by atoms with Crippen molar-refractivity contribution in [1.29, 1.82) is 0 Å². The van der Waals surface area contributed by atoms with E-state index in [0.29, 0.717) is 18.2 Å². The number of hydrogen-bond donors (Lipinski definition) is 1. The highest BCUT2D eigenvalue weighted by atomic mass is 16.7. The molecule has 8 heteroatoms. The molecule has 0 spiro atoms. The van der Waals surface area contributed by atoms with Crippen LogP contribution in [0.2, 0.25) is 0 Å². The fraction of sp³-hybridized carbons (Fsp3) is 0.400. The molecule has 1 aliphatic heterocycles. The molecule has 1 aromatic carbocycles. The second-order valence-electron chi connectivity index (χ2n) is 4.54. The number of rotatable bonds is 6. The van der Waals surface area contributed by atoms with Crippen LogP contribution in [0.3, 0.4) is 0 Å². The topological polar surface area (TPSA) is 95.5 Å². The van der Waals surface area contributed by atoms with E-state index in [1.807, 2.05) is 0 Å². The first-order chi connectivity index (χ1) is 11.1. The SMILES string of the molecule is CCOC(=O)COc1ccc(C2=NCC(C(=O)OC)ON2)cc1. The smallest absolute Gasteiger partial charge is 0.344 e. The molecule has 1 heterocycles. The van der Waals surface area contributed by atoms with Crippen molar-refractivity contribution in [3.05, 3.63) is 29.8 Å². The highest BCUT2D eigenvalue weighted by Gasteiger charge is 2.24. The molecule has 0 bridgehead atoms. The predicted molar refractivity (Wildman–Crippen MR) is 80.0 cm³/mol. The van der Waals surface area contributed by atoms with E-state index in [9.17, 15) is 9.59 Å². The van der Waals surface area contributed by atoms with Gasteiger partial charge in [0.15, 0.2) is 12.4 Å². The average molecular weight is 322 g/mol. The number of hydroxylamine groups is 1. The molecule has 1 unspecified atom stereocenters. The van der Waals surface area contributed by atoms with Crippen molar-refractivity contribution >= 4 is 17.8 Å². The van der Waals surface area contributed by atoms with Crippen molar-refractivity contribution in [2.24, 2.45) is 4.99 Å². The van der Waals surface area contributed by atoms with Crippen LogP contribution in [0.1, 0.15) is 12.5 Å². The third kappa shape index (κ3) is 4.68. The van der Waals surface area contributed by atoms with Crippen LogP contribution in [0.25, 0.3) is 0 Å². The van der Waals surface area contributed by atoms with Gasteiger partial charge in [0, 0.05) is 5.56 Å². The number of esters is 2. The minimum atomic E-state index is -0.754. The molecule has 1 aliphatic rings. The zero-order valence-electron chi connectivity index (χ0n) is 12.9. The largest absolute Gasteiger partial charge is 0.482 e. The molecule has 0 aliphatic carbocycles. The summed E-state index contributed by atoms with van der Waals surface area (Å²) < 4.78 is 14.7. The van der Waals surface area contributed by atoms with Gasteiger partial charge in [0.25, 0.3) is 0 Å². The summed E-state index contributed by atoms with van der Waals surface area (Å²) in [6, 6.07) is 6.92. The molecular formula is C15H18N2O6. The first kappa shape index (κ1) is 16.8. The molecule has 0 aromatic heterocycles. The van der Waals surface area contributed by atoms with E-state index < -0.39 is 18.0 Å². The maximum atomic E-state index is 11.3. The maximum Gasteiger partial charge on any atom is 0.344 e. The van der Waals surface area contributed by atoms with Gasteiger partial charge in [0.2, 0.25) is 6.10 Å². The molecule has 1 aromatic rings. The Balaban J connectivity index is 1.91. The lowest BCUT2D eigenvalue weighted by Crippen LogP contribution is -2.42. The Morgan fingerprint density at radius 3 is 2.65 bits per heavy atom. The van der Waals surface area contributed by atoms with Gasteiger partial charge >= 0.3 is 11.9 Å². The van der Waals surface area contributed by atoms with E-state index in [4.69, 9.17) is 14.3 Å². The van der Waals surface area contributed by atoms with Gasteiger partial charge in [-0.05, 0) is 31.2 Å². The molecule has 2 rings (SSSR count). The van der Waals surface area contributed by atoms with E-state index in [2.05, 4.69) is 15.2 Å². The van der Waals surface area contributed by atoms with Gasteiger partial charge < -0.3 is 14.2 Å². The lowest BCUT2D eigenvalue weighted by Gasteiger charge is -2.21. The summed E-state index contributed by atoms with van der Waals surface area (Å²) in [4.78, 5) is 32.0. The van der Waals surface area contributed by atoms with Crippen LogP contribution in [0.5, 0.6) is 5.75 Å². The summed E-state index contributed by atoms with van der Waals surface area (Å²) in [5, 5.41) is 0. The van der Waals surface area contributed by atoms with E-state index in [1.165, 1.54) is 7.11 Å². The Morgan fingerprint density at radius 1 is 1.35 bits per heavy atom. The molecule has 0 saturated carbocycles. The quantitative estimate of drug-likeness (QED) is 0.760. The summed E-state index contributed by atoms with van der Waals surface area (Å²) in [7, 11) is 1.29. The summed E-state index contributed by atoms with van der Waals surface area (Å²) >= 11 is 0. The summed E-state index contributed by atoms with van der Waals surface area (Å²) in [5.41, 5.74) is 3.38. The number of carbonyl (C=O) groups excluding carboxylic acids is 2. The average Bonchev–Trinajstić information content (AvgIpc) is 2.60. The molecule has 0 saturated heterocycles. The summed E-state index contributed by atoms with van der Waals surface area (Å²) in [6.45, 7) is 2.09. The Hall–Kier alpha value is -2.61. The molecule has 0 fully saturated rings. The molecular weight excluding hydrogens is 304 g/mol. The Kier molecular flexibility index (Phi) is 5.93. The number of hydrogen-bond acceptors (Lipinski definition) is 8. The molecule has 1 N–H and O–H groups in total. The van der Waals surface area contributed by atoms with E-state index in [0.717, 1.165) is 5.56 Å². The first-order valence-electron chi connectivity index (χ1n) is 7.06. The first-order valence-corrected chi connectivity index (χ1v) is 7.06. The minimum absolute atomic E-state index is 0.143. The monoisotopic (exact) mass is 322 g/mol. The van der Waals surface area contributed by atoms with Gasteiger partial charge in [-0.3, -0.25) is 9.83 Å². The number of carbonyl (C=O) groups is 2. The second-order valence-corrected chi connectivity index (χ2v) is 4.54. The number of methoxy groups -OCH3 is 1. The Morgan fingerprint density at radius 2 is 2.09 bits per heavy atom. The van der Waals surface area contributed by atoms with Crippen LogP contribution in [0.15, 0.2) is 29.3 Å². The van der Waals surface area contributed by atoms with Gasteiger partial charge in [-0.15, -0.1) is 0 Å². The fourth-order valence-corrected chi connectivity index (χ4v) is 1.83. The lowest BCUT2D eigenvalue weighted by molar-refractivity contribution is -0.156. The zero-order valence-corrected chi connectivity index (χ0v) is 12.9. The van der Waals surface area contributed by atoms with E-state index >= 15 is 0 Å². The van der Waals surface area contributed by atoms with Gasteiger partial charge in [-0.25, -0.2) is 15.1 Å². The minimum Gasteiger partial charge on any atom is -0.482 e. The van der Waals surface area contributed by atoms with Crippen LogP contribution in [0, 0.1) is 0 Å². The summed E-state index contributed by atoms with van der Waals surface area (Å²) in [5.74, 6) is 0.133. The highest BCUT2D eigenvalue weighted by Crippen LogP contribution is 2.14. The zero-order chi connectivity index (χ0) is 16.7. The van der Waals surface area contributed by atoms with Crippen molar-refractivity contribution in [2.75, 3.05) is 26.9 Å². The number of benzene rings is 1. The lowest BCUT2D eigenvalue weighted by atomic mass is 10.2. The van der Waals surface area contributed by atoms with E-state index in [-0.39, 0.29) is 13.2 Å². The normalized spacial score (nSPS) is 16.8. The van der Waals surface area contributed by atoms with Gasteiger partial charge in [-0.1, -0.05) is 0 Å². The second kappa shape index (κ2) is 8.14. The summed E-state index contributed by atoms with van der Waals surface area (Å²) in [6.07, 6.45) is -0.754. The third-order valence-electron chi connectivity index (χ3n) is 2.97. The van der Waals surface area contributed by atoms with Crippen molar-refractivity contribution in [1.82, 2.24) is 5.48 Å². The molecule has 8 nitrogen and oxygen atoms in total. The maximum absolute atomic E-state index is 11.3.